The maximum atomic E-state index is 11.7. The smallest absolute Gasteiger partial charge is 0.211 e. The molecule has 21 heavy (non-hydrogen) atoms. The third-order valence-electron chi connectivity index (χ3n) is 3.91. The van der Waals surface area contributed by atoms with Gasteiger partial charge >= 0.3 is 0 Å². The van der Waals surface area contributed by atoms with E-state index in [-0.39, 0.29) is 0 Å². The Morgan fingerprint density at radius 1 is 1.52 bits per heavy atom. The summed E-state index contributed by atoms with van der Waals surface area (Å²) in [6.07, 6.45) is 4.38. The van der Waals surface area contributed by atoms with Gasteiger partial charge in [-0.3, -0.25) is 0 Å². The molecule has 1 aromatic heterocycles. The number of rotatable bonds is 6. The first kappa shape index (κ1) is 17.4. The van der Waals surface area contributed by atoms with Crippen molar-refractivity contribution in [3.05, 3.63) is 20.8 Å². The summed E-state index contributed by atoms with van der Waals surface area (Å²) in [5.41, 5.74) is 0. The molecule has 1 aliphatic heterocycles. The zero-order valence-corrected chi connectivity index (χ0v) is 15.7. The van der Waals surface area contributed by atoms with Crippen LogP contribution in [0.5, 0.6) is 0 Å². The van der Waals surface area contributed by atoms with Gasteiger partial charge in [0.05, 0.1) is 10.0 Å². The zero-order valence-electron chi connectivity index (χ0n) is 12.5. The maximum Gasteiger partial charge on any atom is 0.211 e. The standard InChI is InChI=1S/C14H23BrN2O2S2/c1-3-16-12(13-6-7-14(15)20-13)9-11-5-4-8-17(10-11)21(2,18)19/h6-7,11-12,16H,3-5,8-10H2,1-2H3. The minimum absolute atomic E-state index is 0.316. The SMILES string of the molecule is CCNC(CC1CCCN(S(C)(=O)=O)C1)c1ccc(Br)s1. The first-order valence-corrected chi connectivity index (χ1v) is 10.8. The summed E-state index contributed by atoms with van der Waals surface area (Å²) >= 11 is 5.27. The van der Waals surface area contributed by atoms with E-state index in [1.165, 1.54) is 11.1 Å². The van der Waals surface area contributed by atoms with Gasteiger partial charge in [0, 0.05) is 24.0 Å². The Bertz CT molecular complexity index is 559. The molecule has 1 saturated heterocycles. The Balaban J connectivity index is 2.03. The highest BCUT2D eigenvalue weighted by Crippen LogP contribution is 2.33. The summed E-state index contributed by atoms with van der Waals surface area (Å²) in [4.78, 5) is 1.32. The van der Waals surface area contributed by atoms with Gasteiger partial charge in [-0.15, -0.1) is 11.3 Å². The van der Waals surface area contributed by atoms with Gasteiger partial charge < -0.3 is 5.32 Å². The van der Waals surface area contributed by atoms with E-state index in [4.69, 9.17) is 0 Å². The molecule has 1 fully saturated rings. The number of hydrogen-bond donors (Lipinski definition) is 1. The molecule has 2 rings (SSSR count). The van der Waals surface area contributed by atoms with Crippen molar-refractivity contribution in [2.24, 2.45) is 5.92 Å². The Morgan fingerprint density at radius 2 is 2.29 bits per heavy atom. The van der Waals surface area contributed by atoms with Crippen LogP contribution in [-0.4, -0.2) is 38.6 Å². The number of nitrogens with one attached hydrogen (secondary N) is 1. The van der Waals surface area contributed by atoms with Crippen LogP contribution >= 0.6 is 27.3 Å². The lowest BCUT2D eigenvalue weighted by atomic mass is 9.92. The summed E-state index contributed by atoms with van der Waals surface area (Å²) in [6.45, 7) is 4.36. The van der Waals surface area contributed by atoms with Gasteiger partial charge in [-0.25, -0.2) is 12.7 Å². The fourth-order valence-corrected chi connectivity index (χ4v) is 5.37. The zero-order chi connectivity index (χ0) is 15.5. The first-order valence-electron chi connectivity index (χ1n) is 7.34. The molecule has 0 bridgehead atoms. The van der Waals surface area contributed by atoms with Gasteiger partial charge in [0.1, 0.15) is 0 Å². The number of hydrogen-bond acceptors (Lipinski definition) is 4. The predicted octanol–water partition coefficient (Wildman–Crippen LogP) is 3.22. The fourth-order valence-electron chi connectivity index (χ4n) is 2.92. The molecule has 0 aromatic carbocycles. The summed E-state index contributed by atoms with van der Waals surface area (Å²) in [5.74, 6) is 0.429. The second-order valence-corrected chi connectivity index (χ2v) is 10.1. The van der Waals surface area contributed by atoms with E-state index in [1.807, 2.05) is 0 Å². The Labute approximate surface area is 140 Å². The maximum absolute atomic E-state index is 11.7. The lowest BCUT2D eigenvalue weighted by Crippen LogP contribution is -2.40. The van der Waals surface area contributed by atoms with Gasteiger partial charge in [0.15, 0.2) is 0 Å². The molecule has 0 amide bonds. The lowest BCUT2D eigenvalue weighted by Gasteiger charge is -2.33. The van der Waals surface area contributed by atoms with Crippen LogP contribution < -0.4 is 5.32 Å². The van der Waals surface area contributed by atoms with Crippen LogP contribution in [0.1, 0.15) is 37.1 Å². The second kappa shape index (κ2) is 7.55. The van der Waals surface area contributed by atoms with Crippen molar-refractivity contribution in [2.75, 3.05) is 25.9 Å². The van der Waals surface area contributed by atoms with Crippen molar-refractivity contribution in [3.8, 4) is 0 Å². The van der Waals surface area contributed by atoms with Crippen molar-refractivity contribution in [2.45, 2.75) is 32.2 Å². The van der Waals surface area contributed by atoms with Gasteiger partial charge in [0.2, 0.25) is 10.0 Å². The van der Waals surface area contributed by atoms with Crippen LogP contribution in [0.4, 0.5) is 0 Å². The normalized spacial score (nSPS) is 22.3. The highest BCUT2D eigenvalue weighted by molar-refractivity contribution is 9.11. The number of sulfonamides is 1. The fraction of sp³-hybridized carbons (Fsp3) is 0.714. The largest absolute Gasteiger partial charge is 0.310 e. The molecule has 2 atom stereocenters. The lowest BCUT2D eigenvalue weighted by molar-refractivity contribution is 0.239. The molecular weight excluding hydrogens is 372 g/mol. The third-order valence-corrected chi connectivity index (χ3v) is 6.91. The molecule has 1 N–H and O–H groups in total. The topological polar surface area (TPSA) is 49.4 Å². The molecule has 0 radical (unpaired) electrons. The van der Waals surface area contributed by atoms with Crippen molar-refractivity contribution < 1.29 is 8.42 Å². The Morgan fingerprint density at radius 3 is 2.86 bits per heavy atom. The van der Waals surface area contributed by atoms with Crippen LogP contribution in [0, 0.1) is 5.92 Å². The molecule has 2 heterocycles. The molecule has 120 valence electrons. The van der Waals surface area contributed by atoms with E-state index in [2.05, 4.69) is 40.3 Å². The molecular formula is C14H23BrN2O2S2. The number of thiophene rings is 1. The van der Waals surface area contributed by atoms with E-state index in [9.17, 15) is 8.42 Å². The highest BCUT2D eigenvalue weighted by Gasteiger charge is 2.28. The van der Waals surface area contributed by atoms with E-state index in [0.29, 0.717) is 25.0 Å². The number of piperidine rings is 1. The van der Waals surface area contributed by atoms with E-state index in [0.717, 1.165) is 29.6 Å². The van der Waals surface area contributed by atoms with Crippen LogP contribution in [-0.2, 0) is 10.0 Å². The summed E-state index contributed by atoms with van der Waals surface area (Å²) in [5, 5.41) is 3.53. The molecule has 1 aliphatic rings. The van der Waals surface area contributed by atoms with Crippen LogP contribution in [0.15, 0.2) is 15.9 Å². The van der Waals surface area contributed by atoms with Crippen LogP contribution in [0.3, 0.4) is 0 Å². The van der Waals surface area contributed by atoms with Crippen molar-refractivity contribution >= 4 is 37.3 Å². The summed E-state index contributed by atoms with van der Waals surface area (Å²) in [6, 6.07) is 4.54. The van der Waals surface area contributed by atoms with Gasteiger partial charge in [0.25, 0.3) is 0 Å². The van der Waals surface area contributed by atoms with E-state index in [1.54, 1.807) is 15.6 Å². The quantitative estimate of drug-likeness (QED) is 0.805. The monoisotopic (exact) mass is 394 g/mol. The highest BCUT2D eigenvalue weighted by atomic mass is 79.9. The number of nitrogens with zero attached hydrogens (tertiary/aromatic N) is 1. The first-order chi connectivity index (χ1) is 9.90. The Kier molecular flexibility index (Phi) is 6.25. The van der Waals surface area contributed by atoms with Gasteiger partial charge in [-0.1, -0.05) is 6.92 Å². The molecule has 0 saturated carbocycles. The van der Waals surface area contributed by atoms with E-state index >= 15 is 0 Å². The average Bonchev–Trinajstić information content (AvgIpc) is 2.84. The van der Waals surface area contributed by atoms with Gasteiger partial charge in [-0.2, -0.15) is 0 Å². The van der Waals surface area contributed by atoms with Crippen LogP contribution in [0.2, 0.25) is 0 Å². The van der Waals surface area contributed by atoms with Crippen molar-refractivity contribution in [1.82, 2.24) is 9.62 Å². The average molecular weight is 395 g/mol. The van der Waals surface area contributed by atoms with Crippen molar-refractivity contribution in [1.29, 1.82) is 0 Å². The second-order valence-electron chi connectivity index (χ2n) is 5.62. The number of halogens is 1. The third kappa shape index (κ3) is 5.03. The molecule has 0 aliphatic carbocycles. The molecule has 0 spiro atoms. The Hall–Kier alpha value is 0.0500. The molecule has 2 unspecified atom stereocenters. The molecule has 7 heteroatoms. The minimum Gasteiger partial charge on any atom is -0.310 e. The van der Waals surface area contributed by atoms with E-state index < -0.39 is 10.0 Å². The minimum atomic E-state index is -3.06. The van der Waals surface area contributed by atoms with Crippen molar-refractivity contribution in [3.63, 3.8) is 0 Å². The summed E-state index contributed by atoms with van der Waals surface area (Å²) in [7, 11) is -3.06. The summed E-state index contributed by atoms with van der Waals surface area (Å²) < 4.78 is 26.2. The molecule has 1 aromatic rings. The predicted molar refractivity (Wildman–Crippen MR) is 92.2 cm³/mol. The van der Waals surface area contributed by atoms with Crippen LogP contribution in [0.25, 0.3) is 0 Å². The van der Waals surface area contributed by atoms with Gasteiger partial charge in [-0.05, 0) is 59.8 Å². The molecule has 4 nitrogen and oxygen atoms in total.